The molecule has 1 fully saturated rings. The first-order valence-corrected chi connectivity index (χ1v) is 8.78. The predicted octanol–water partition coefficient (Wildman–Crippen LogP) is 2.42. The van der Waals surface area contributed by atoms with Crippen molar-refractivity contribution in [1.29, 1.82) is 0 Å². The number of carbonyl (C=O) groups is 1. The third-order valence-electron chi connectivity index (χ3n) is 3.23. The summed E-state index contributed by atoms with van der Waals surface area (Å²) in [6.45, 7) is 7.00. The Bertz CT molecular complexity index is 308. The molecule has 1 aliphatic rings. The van der Waals surface area contributed by atoms with Crippen LogP contribution in [0.5, 0.6) is 0 Å². The van der Waals surface area contributed by atoms with Gasteiger partial charge in [0.25, 0.3) is 0 Å². The number of ether oxygens (including phenoxy) is 1. The largest absolute Gasteiger partial charge is 0.368 e. The van der Waals surface area contributed by atoms with Gasteiger partial charge in [-0.25, -0.2) is 0 Å². The molecule has 0 spiro atoms. The lowest BCUT2D eigenvalue weighted by Crippen LogP contribution is -2.33. The second-order valence-corrected chi connectivity index (χ2v) is 6.87. The molecule has 1 atom stereocenters. The molecule has 1 rings (SSSR count). The summed E-state index contributed by atoms with van der Waals surface area (Å²) in [7, 11) is 0. The van der Waals surface area contributed by atoms with E-state index in [0.717, 1.165) is 36.9 Å². The fourth-order valence-corrected chi connectivity index (χ4v) is 3.40. The van der Waals surface area contributed by atoms with Crippen molar-refractivity contribution >= 4 is 34.9 Å². The Kier molecular flexibility index (Phi) is 9.22. The summed E-state index contributed by atoms with van der Waals surface area (Å²) in [6.07, 6.45) is 4.58. The molecule has 1 amide bonds. The molecular weight excluding hydrogens is 292 g/mol. The molecular formula is C14H26N2O2S2. The van der Waals surface area contributed by atoms with Crippen molar-refractivity contribution in [3.63, 3.8) is 0 Å². The molecule has 0 aromatic heterocycles. The minimum absolute atomic E-state index is 0.0284. The van der Waals surface area contributed by atoms with E-state index in [2.05, 4.69) is 10.2 Å². The first kappa shape index (κ1) is 17.7. The lowest BCUT2D eigenvalue weighted by Gasteiger charge is -2.26. The van der Waals surface area contributed by atoms with Crippen LogP contribution in [0.1, 0.15) is 39.5 Å². The van der Waals surface area contributed by atoms with E-state index in [1.165, 1.54) is 19.3 Å². The third kappa shape index (κ3) is 8.07. The number of nitrogens with one attached hydrogen (secondary N) is 1. The van der Waals surface area contributed by atoms with Gasteiger partial charge in [-0.15, -0.1) is 11.8 Å². The molecule has 1 saturated heterocycles. The Labute approximate surface area is 132 Å². The average molecular weight is 319 g/mol. The second kappa shape index (κ2) is 10.4. The van der Waals surface area contributed by atoms with Crippen molar-refractivity contribution in [3.8, 4) is 0 Å². The Hall–Kier alpha value is -0.330. The van der Waals surface area contributed by atoms with Gasteiger partial charge in [-0.1, -0.05) is 12.2 Å². The van der Waals surface area contributed by atoms with Crippen LogP contribution >= 0.6 is 24.0 Å². The van der Waals surface area contributed by atoms with Crippen molar-refractivity contribution in [2.45, 2.75) is 45.0 Å². The topological polar surface area (TPSA) is 41.6 Å². The van der Waals surface area contributed by atoms with Crippen molar-refractivity contribution in [1.82, 2.24) is 10.2 Å². The number of thiocarbonyl (C=S) groups is 1. The summed E-state index contributed by atoms with van der Waals surface area (Å²) >= 11 is 7.18. The van der Waals surface area contributed by atoms with Crippen LogP contribution < -0.4 is 5.32 Å². The highest BCUT2D eigenvalue weighted by molar-refractivity contribution is 7.99. The second-order valence-electron chi connectivity index (χ2n) is 5.01. The molecule has 20 heavy (non-hydrogen) atoms. The van der Waals surface area contributed by atoms with E-state index in [4.69, 9.17) is 17.0 Å². The van der Waals surface area contributed by atoms with E-state index in [0.29, 0.717) is 12.0 Å². The zero-order valence-corrected chi connectivity index (χ0v) is 14.2. The Morgan fingerprint density at radius 1 is 1.40 bits per heavy atom. The van der Waals surface area contributed by atoms with Gasteiger partial charge >= 0.3 is 0 Å². The molecule has 0 saturated carbocycles. The van der Waals surface area contributed by atoms with Gasteiger partial charge in [0, 0.05) is 38.9 Å². The molecule has 0 aliphatic carbocycles. The molecule has 4 nitrogen and oxygen atoms in total. The molecule has 1 unspecified atom stereocenters. The lowest BCUT2D eigenvalue weighted by atomic mass is 10.2. The van der Waals surface area contributed by atoms with Gasteiger partial charge in [-0.05, 0) is 32.6 Å². The van der Waals surface area contributed by atoms with Gasteiger partial charge in [0.2, 0.25) is 5.91 Å². The monoisotopic (exact) mass is 318 g/mol. The third-order valence-corrected chi connectivity index (χ3v) is 4.65. The summed E-state index contributed by atoms with van der Waals surface area (Å²) in [5.41, 5.74) is 0.371. The van der Waals surface area contributed by atoms with Crippen LogP contribution in [-0.2, 0) is 9.53 Å². The van der Waals surface area contributed by atoms with Gasteiger partial charge in [0.05, 0.1) is 4.99 Å². The zero-order chi connectivity index (χ0) is 14.8. The van der Waals surface area contributed by atoms with Crippen LogP contribution in [0.3, 0.4) is 0 Å². The van der Waals surface area contributed by atoms with Gasteiger partial charge in [-0.2, -0.15) is 0 Å². The van der Waals surface area contributed by atoms with Gasteiger partial charge in [0.1, 0.15) is 5.44 Å². The number of hydrogen-bond acceptors (Lipinski definition) is 4. The highest BCUT2D eigenvalue weighted by atomic mass is 32.2. The number of rotatable bonds is 8. The smallest absolute Gasteiger partial charge is 0.216 e. The fraction of sp³-hybridized carbons (Fsp3) is 0.857. The summed E-state index contributed by atoms with van der Waals surface area (Å²) < 4.78 is 5.71. The van der Waals surface area contributed by atoms with Crippen LogP contribution in [0, 0.1) is 0 Å². The first-order chi connectivity index (χ1) is 9.59. The highest BCUT2D eigenvalue weighted by Crippen LogP contribution is 2.23. The van der Waals surface area contributed by atoms with E-state index >= 15 is 0 Å². The van der Waals surface area contributed by atoms with Crippen LogP contribution in [0.4, 0.5) is 0 Å². The summed E-state index contributed by atoms with van der Waals surface area (Å²) in [5.74, 6) is 1.07. The van der Waals surface area contributed by atoms with Crippen molar-refractivity contribution < 1.29 is 9.53 Å². The maximum atomic E-state index is 10.8. The van der Waals surface area contributed by atoms with Crippen LogP contribution in [0.25, 0.3) is 0 Å². The summed E-state index contributed by atoms with van der Waals surface area (Å²) in [4.78, 5) is 13.9. The summed E-state index contributed by atoms with van der Waals surface area (Å²) in [6, 6.07) is 0. The number of amides is 1. The van der Waals surface area contributed by atoms with Crippen LogP contribution in [-0.4, -0.2) is 53.2 Å². The average Bonchev–Trinajstić information content (AvgIpc) is 2.42. The maximum absolute atomic E-state index is 10.8. The molecule has 0 aromatic carbocycles. The molecule has 1 N–H and O–H groups in total. The number of hydrogen-bond donors (Lipinski definition) is 1. The Balaban J connectivity index is 2.14. The molecule has 116 valence electrons. The van der Waals surface area contributed by atoms with Crippen molar-refractivity contribution in [2.24, 2.45) is 0 Å². The standard InChI is InChI=1S/C14H26N2O2S2/c1-12(17)15-7-5-8-16(13(2)19)9-11-20-14-6-3-4-10-18-14/h14H,3-11H2,1-2H3,(H,15,17). The number of nitrogens with zero attached hydrogens (tertiary/aromatic N) is 1. The lowest BCUT2D eigenvalue weighted by molar-refractivity contribution is -0.118. The Morgan fingerprint density at radius 2 is 2.20 bits per heavy atom. The van der Waals surface area contributed by atoms with Crippen molar-refractivity contribution in [2.75, 3.05) is 32.0 Å². The normalized spacial score (nSPS) is 18.6. The first-order valence-electron chi connectivity index (χ1n) is 7.32. The maximum Gasteiger partial charge on any atom is 0.216 e. The zero-order valence-electron chi connectivity index (χ0n) is 12.5. The molecule has 1 heterocycles. The van der Waals surface area contributed by atoms with Crippen LogP contribution in [0.2, 0.25) is 0 Å². The van der Waals surface area contributed by atoms with E-state index in [1.807, 2.05) is 18.7 Å². The fourth-order valence-electron chi connectivity index (χ4n) is 2.10. The molecule has 1 aliphatic heterocycles. The summed E-state index contributed by atoms with van der Waals surface area (Å²) in [5, 5.41) is 2.81. The predicted molar refractivity (Wildman–Crippen MR) is 89.2 cm³/mol. The van der Waals surface area contributed by atoms with E-state index < -0.39 is 0 Å². The molecule has 0 aromatic rings. The molecule has 6 heteroatoms. The van der Waals surface area contributed by atoms with Gasteiger partial charge in [-0.3, -0.25) is 4.79 Å². The van der Waals surface area contributed by atoms with E-state index in [1.54, 1.807) is 6.92 Å². The van der Waals surface area contributed by atoms with E-state index in [9.17, 15) is 4.79 Å². The van der Waals surface area contributed by atoms with Crippen molar-refractivity contribution in [3.05, 3.63) is 0 Å². The number of thioether (sulfide) groups is 1. The SMILES string of the molecule is CC(=O)NCCCN(CCSC1CCCCO1)C(C)=S. The molecule has 0 radical (unpaired) electrons. The minimum atomic E-state index is 0.0284. The van der Waals surface area contributed by atoms with Gasteiger partial charge in [0.15, 0.2) is 0 Å². The van der Waals surface area contributed by atoms with Crippen LogP contribution in [0.15, 0.2) is 0 Å². The minimum Gasteiger partial charge on any atom is -0.368 e. The number of carbonyl (C=O) groups excluding carboxylic acids is 1. The highest BCUT2D eigenvalue weighted by Gasteiger charge is 2.14. The van der Waals surface area contributed by atoms with E-state index in [-0.39, 0.29) is 5.91 Å². The Morgan fingerprint density at radius 3 is 2.80 bits per heavy atom. The molecule has 0 bridgehead atoms. The quantitative estimate of drug-likeness (QED) is 0.550. The van der Waals surface area contributed by atoms with Gasteiger partial charge < -0.3 is 15.0 Å².